The minimum atomic E-state index is -0.335. The van der Waals surface area contributed by atoms with Crippen LogP contribution in [0.2, 0.25) is 0 Å². The molecular formula is C26H23N3O3. The van der Waals surface area contributed by atoms with E-state index in [9.17, 15) is 4.79 Å². The van der Waals surface area contributed by atoms with Gasteiger partial charge in [-0.3, -0.25) is 0 Å². The van der Waals surface area contributed by atoms with Gasteiger partial charge in [-0.25, -0.2) is 9.78 Å². The van der Waals surface area contributed by atoms with Gasteiger partial charge in [-0.1, -0.05) is 48.5 Å². The molecule has 0 amide bonds. The Kier molecular flexibility index (Phi) is 5.44. The molecule has 0 saturated heterocycles. The number of aromatic nitrogens is 2. The Labute approximate surface area is 186 Å². The van der Waals surface area contributed by atoms with Crippen molar-refractivity contribution in [2.24, 2.45) is 0 Å². The van der Waals surface area contributed by atoms with Crippen molar-refractivity contribution < 1.29 is 14.4 Å². The Morgan fingerprint density at radius 1 is 0.969 bits per heavy atom. The van der Waals surface area contributed by atoms with Crippen LogP contribution in [0, 0.1) is 0 Å². The minimum Gasteiger partial charge on any atom is -0.496 e. The van der Waals surface area contributed by atoms with E-state index in [-0.39, 0.29) is 5.97 Å². The van der Waals surface area contributed by atoms with E-state index < -0.39 is 0 Å². The Balaban J connectivity index is 1.38. The fraction of sp³-hybridized carbons (Fsp3) is 0.154. The van der Waals surface area contributed by atoms with Gasteiger partial charge in [0.2, 0.25) is 0 Å². The van der Waals surface area contributed by atoms with Gasteiger partial charge in [-0.15, -0.1) is 5.06 Å². The Bertz CT molecular complexity index is 1290. The molecule has 32 heavy (non-hydrogen) atoms. The SMILES string of the molecule is COc1ccccc1-c1nc2c(C3=CCN(OC(=O)c4ccccc4)CC3)cccc2[nH]1. The highest BCUT2D eigenvalue weighted by molar-refractivity contribution is 5.92. The molecule has 2 heterocycles. The third kappa shape index (κ3) is 3.88. The quantitative estimate of drug-likeness (QED) is 0.482. The number of ether oxygens (including phenoxy) is 1. The van der Waals surface area contributed by atoms with Crippen LogP contribution in [0.4, 0.5) is 0 Å². The van der Waals surface area contributed by atoms with Crippen molar-refractivity contribution in [2.75, 3.05) is 20.2 Å². The third-order valence-corrected chi connectivity index (χ3v) is 5.61. The molecular weight excluding hydrogens is 402 g/mol. The van der Waals surface area contributed by atoms with Gasteiger partial charge in [0, 0.05) is 12.1 Å². The number of para-hydroxylation sites is 2. The van der Waals surface area contributed by atoms with Crippen molar-refractivity contribution in [1.29, 1.82) is 0 Å². The number of H-pyrrole nitrogens is 1. The van der Waals surface area contributed by atoms with Crippen molar-refractivity contribution in [3.8, 4) is 17.1 Å². The fourth-order valence-corrected chi connectivity index (χ4v) is 3.98. The first-order valence-corrected chi connectivity index (χ1v) is 10.6. The van der Waals surface area contributed by atoms with Crippen molar-refractivity contribution in [3.05, 3.63) is 90.0 Å². The molecule has 0 atom stereocenters. The lowest BCUT2D eigenvalue weighted by Gasteiger charge is -2.25. The summed E-state index contributed by atoms with van der Waals surface area (Å²) in [6.07, 6.45) is 2.87. The smallest absolute Gasteiger partial charge is 0.357 e. The zero-order valence-corrected chi connectivity index (χ0v) is 17.7. The van der Waals surface area contributed by atoms with Crippen LogP contribution in [0.15, 0.2) is 78.9 Å². The summed E-state index contributed by atoms with van der Waals surface area (Å²) in [7, 11) is 1.66. The lowest BCUT2D eigenvalue weighted by atomic mass is 9.99. The van der Waals surface area contributed by atoms with Crippen molar-refractivity contribution >= 4 is 22.6 Å². The monoisotopic (exact) mass is 425 g/mol. The van der Waals surface area contributed by atoms with Gasteiger partial charge in [-0.05, 0) is 42.3 Å². The van der Waals surface area contributed by atoms with E-state index in [1.165, 1.54) is 5.57 Å². The summed E-state index contributed by atoms with van der Waals surface area (Å²) in [5.74, 6) is 1.22. The van der Waals surface area contributed by atoms with E-state index in [0.29, 0.717) is 18.7 Å². The second-order valence-electron chi connectivity index (χ2n) is 7.60. The normalized spacial score (nSPS) is 14.2. The zero-order chi connectivity index (χ0) is 21.9. The number of aromatic amines is 1. The predicted octanol–water partition coefficient (Wildman–Crippen LogP) is 5.10. The van der Waals surface area contributed by atoms with Crippen molar-refractivity contribution in [3.63, 3.8) is 0 Å². The average Bonchev–Trinajstić information content (AvgIpc) is 3.29. The van der Waals surface area contributed by atoms with Crippen molar-refractivity contribution in [1.82, 2.24) is 15.0 Å². The van der Waals surface area contributed by atoms with Gasteiger partial charge >= 0.3 is 5.97 Å². The Morgan fingerprint density at radius 2 is 1.75 bits per heavy atom. The van der Waals surface area contributed by atoms with E-state index in [1.54, 1.807) is 24.3 Å². The molecule has 0 aliphatic carbocycles. The molecule has 1 aliphatic heterocycles. The molecule has 5 rings (SSSR count). The number of imidazole rings is 1. The first-order chi connectivity index (χ1) is 15.7. The largest absolute Gasteiger partial charge is 0.496 e. The summed E-state index contributed by atoms with van der Waals surface area (Å²) in [4.78, 5) is 26.2. The lowest BCUT2D eigenvalue weighted by Crippen LogP contribution is -2.31. The molecule has 0 radical (unpaired) electrons. The first-order valence-electron chi connectivity index (χ1n) is 10.6. The maximum absolute atomic E-state index is 12.3. The van der Waals surface area contributed by atoms with Crippen LogP contribution in [0.25, 0.3) is 28.0 Å². The summed E-state index contributed by atoms with van der Waals surface area (Å²) in [6, 6.07) is 23.0. The molecule has 1 N–H and O–H groups in total. The van der Waals surface area contributed by atoms with Gasteiger partial charge in [0.05, 0.1) is 35.8 Å². The minimum absolute atomic E-state index is 0.335. The van der Waals surface area contributed by atoms with Crippen LogP contribution < -0.4 is 4.74 Å². The number of rotatable bonds is 5. The molecule has 0 unspecified atom stereocenters. The molecule has 0 fully saturated rings. The molecule has 0 bridgehead atoms. The Hall–Kier alpha value is -3.90. The number of fused-ring (bicyclic) bond motifs is 1. The second kappa shape index (κ2) is 8.69. The average molecular weight is 425 g/mol. The maximum atomic E-state index is 12.3. The van der Waals surface area contributed by atoms with E-state index in [0.717, 1.165) is 40.2 Å². The van der Waals surface area contributed by atoms with E-state index >= 15 is 0 Å². The molecule has 6 heteroatoms. The highest BCUT2D eigenvalue weighted by atomic mass is 16.7. The maximum Gasteiger partial charge on any atom is 0.357 e. The molecule has 1 aromatic heterocycles. The number of methoxy groups -OCH3 is 1. The van der Waals surface area contributed by atoms with Gasteiger partial charge in [-0.2, -0.15) is 0 Å². The summed E-state index contributed by atoms with van der Waals surface area (Å²) in [6.45, 7) is 1.17. The van der Waals surface area contributed by atoms with Crippen LogP contribution in [0.3, 0.4) is 0 Å². The standard InChI is InChI=1S/C26H23N3O3/c1-31-23-13-6-5-10-21(23)25-27-22-12-7-11-20(24(22)28-25)18-14-16-29(17-15-18)32-26(30)19-8-3-2-4-9-19/h2-14H,15-17H2,1H3,(H,27,28). The van der Waals surface area contributed by atoms with Gasteiger partial charge in [0.25, 0.3) is 0 Å². The van der Waals surface area contributed by atoms with Crippen LogP contribution in [-0.4, -0.2) is 41.2 Å². The second-order valence-corrected chi connectivity index (χ2v) is 7.60. The molecule has 4 aromatic rings. The molecule has 0 spiro atoms. The van der Waals surface area contributed by atoms with Crippen LogP contribution in [0.1, 0.15) is 22.3 Å². The zero-order valence-electron chi connectivity index (χ0n) is 17.7. The topological polar surface area (TPSA) is 67.5 Å². The molecule has 3 aromatic carbocycles. The number of hydrogen-bond donors (Lipinski definition) is 1. The molecule has 6 nitrogen and oxygen atoms in total. The summed E-state index contributed by atoms with van der Waals surface area (Å²) < 4.78 is 5.50. The predicted molar refractivity (Wildman–Crippen MR) is 124 cm³/mol. The summed E-state index contributed by atoms with van der Waals surface area (Å²) >= 11 is 0. The summed E-state index contributed by atoms with van der Waals surface area (Å²) in [5, 5.41) is 1.70. The van der Waals surface area contributed by atoms with Crippen LogP contribution in [0.5, 0.6) is 5.75 Å². The number of nitrogens with one attached hydrogen (secondary N) is 1. The number of carbonyl (C=O) groups is 1. The highest BCUT2D eigenvalue weighted by Gasteiger charge is 2.20. The molecule has 1 aliphatic rings. The van der Waals surface area contributed by atoms with Gasteiger partial charge in [0.15, 0.2) is 0 Å². The fourth-order valence-electron chi connectivity index (χ4n) is 3.98. The van der Waals surface area contributed by atoms with Crippen molar-refractivity contribution in [2.45, 2.75) is 6.42 Å². The van der Waals surface area contributed by atoms with Crippen LogP contribution >= 0.6 is 0 Å². The number of nitrogens with zero attached hydrogens (tertiary/aromatic N) is 2. The molecule has 160 valence electrons. The third-order valence-electron chi connectivity index (χ3n) is 5.61. The number of hydrogen-bond acceptors (Lipinski definition) is 5. The van der Waals surface area contributed by atoms with Crippen LogP contribution in [-0.2, 0) is 4.84 Å². The van der Waals surface area contributed by atoms with E-state index in [4.69, 9.17) is 14.6 Å². The number of carbonyl (C=O) groups excluding carboxylic acids is 1. The van der Waals surface area contributed by atoms with Gasteiger partial charge in [0.1, 0.15) is 11.6 Å². The van der Waals surface area contributed by atoms with Gasteiger partial charge < -0.3 is 14.6 Å². The lowest BCUT2D eigenvalue weighted by molar-refractivity contribution is -0.102. The highest BCUT2D eigenvalue weighted by Crippen LogP contribution is 2.33. The van der Waals surface area contributed by atoms with E-state index in [1.807, 2.05) is 54.6 Å². The molecule has 0 saturated carbocycles. The number of benzene rings is 3. The van der Waals surface area contributed by atoms with E-state index in [2.05, 4.69) is 17.1 Å². The summed E-state index contributed by atoms with van der Waals surface area (Å²) in [5.41, 5.74) is 5.66. The Morgan fingerprint density at radius 3 is 2.53 bits per heavy atom. The first kappa shape index (κ1) is 20.0. The number of hydroxylamine groups is 2.